The van der Waals surface area contributed by atoms with Crippen molar-refractivity contribution >= 4 is 32.6 Å². The second-order valence-electron chi connectivity index (χ2n) is 5.59. The number of aryl methyl sites for hydroxylation is 1. The Morgan fingerprint density at radius 1 is 1.12 bits per heavy atom. The molecule has 3 rings (SSSR count). The van der Waals surface area contributed by atoms with Crippen molar-refractivity contribution in [1.29, 1.82) is 0 Å². The zero-order valence-electron chi connectivity index (χ0n) is 14.5. The SMILES string of the molecule is CCOc1cccc2sc(NC(=O)COc3cccc(C)c3C)nc12. The maximum Gasteiger partial charge on any atom is 0.264 e. The summed E-state index contributed by atoms with van der Waals surface area (Å²) < 4.78 is 12.2. The number of anilines is 1. The first-order chi connectivity index (χ1) is 12.1. The molecule has 0 fully saturated rings. The zero-order chi connectivity index (χ0) is 17.8. The molecule has 1 aromatic heterocycles. The Morgan fingerprint density at radius 3 is 2.68 bits per heavy atom. The normalized spacial score (nSPS) is 10.7. The van der Waals surface area contributed by atoms with Gasteiger partial charge in [-0.2, -0.15) is 0 Å². The average Bonchev–Trinajstić information content (AvgIpc) is 3.00. The van der Waals surface area contributed by atoms with E-state index in [1.807, 2.05) is 57.2 Å². The number of carbonyl (C=O) groups is 1. The molecule has 5 nitrogen and oxygen atoms in total. The van der Waals surface area contributed by atoms with Gasteiger partial charge in [0.2, 0.25) is 0 Å². The van der Waals surface area contributed by atoms with Crippen molar-refractivity contribution in [1.82, 2.24) is 4.98 Å². The van der Waals surface area contributed by atoms with Crippen molar-refractivity contribution in [2.75, 3.05) is 18.5 Å². The van der Waals surface area contributed by atoms with Gasteiger partial charge >= 0.3 is 0 Å². The fourth-order valence-electron chi connectivity index (χ4n) is 2.43. The van der Waals surface area contributed by atoms with Gasteiger partial charge < -0.3 is 9.47 Å². The molecule has 2 aromatic carbocycles. The second kappa shape index (κ2) is 7.53. The first-order valence-corrected chi connectivity index (χ1v) is 8.91. The number of hydrogen-bond acceptors (Lipinski definition) is 5. The number of nitrogens with zero attached hydrogens (tertiary/aromatic N) is 1. The summed E-state index contributed by atoms with van der Waals surface area (Å²) in [4.78, 5) is 16.6. The Hall–Kier alpha value is -2.60. The summed E-state index contributed by atoms with van der Waals surface area (Å²) in [7, 11) is 0. The lowest BCUT2D eigenvalue weighted by Gasteiger charge is -2.10. The molecule has 0 bridgehead atoms. The Balaban J connectivity index is 1.68. The van der Waals surface area contributed by atoms with E-state index in [-0.39, 0.29) is 12.5 Å². The van der Waals surface area contributed by atoms with Gasteiger partial charge in [-0.15, -0.1) is 0 Å². The van der Waals surface area contributed by atoms with Crippen LogP contribution in [-0.2, 0) is 4.79 Å². The molecule has 0 unspecified atom stereocenters. The monoisotopic (exact) mass is 356 g/mol. The Kier molecular flexibility index (Phi) is 5.19. The van der Waals surface area contributed by atoms with Crippen LogP contribution in [0.25, 0.3) is 10.2 Å². The Morgan fingerprint density at radius 2 is 1.88 bits per heavy atom. The molecule has 1 amide bonds. The highest BCUT2D eigenvalue weighted by Gasteiger charge is 2.12. The van der Waals surface area contributed by atoms with Gasteiger partial charge in [0.15, 0.2) is 11.7 Å². The molecule has 6 heteroatoms. The highest BCUT2D eigenvalue weighted by atomic mass is 32.1. The third-order valence-corrected chi connectivity index (χ3v) is 4.78. The van der Waals surface area contributed by atoms with Crippen LogP contribution in [0.4, 0.5) is 5.13 Å². The topological polar surface area (TPSA) is 60.5 Å². The van der Waals surface area contributed by atoms with E-state index >= 15 is 0 Å². The number of para-hydroxylation sites is 1. The molecular weight excluding hydrogens is 336 g/mol. The first-order valence-electron chi connectivity index (χ1n) is 8.09. The second-order valence-corrected chi connectivity index (χ2v) is 6.62. The van der Waals surface area contributed by atoms with Crippen LogP contribution in [0, 0.1) is 13.8 Å². The molecule has 0 aliphatic heterocycles. The minimum Gasteiger partial charge on any atom is -0.492 e. The first kappa shape index (κ1) is 17.2. The Labute approximate surface area is 150 Å². The van der Waals surface area contributed by atoms with Crippen molar-refractivity contribution in [3.05, 3.63) is 47.5 Å². The summed E-state index contributed by atoms with van der Waals surface area (Å²) in [5, 5.41) is 3.33. The minimum absolute atomic E-state index is 0.0570. The number of rotatable bonds is 6. The number of ether oxygens (including phenoxy) is 2. The van der Waals surface area contributed by atoms with E-state index in [2.05, 4.69) is 10.3 Å². The van der Waals surface area contributed by atoms with E-state index in [9.17, 15) is 4.79 Å². The molecule has 0 atom stereocenters. The molecule has 0 radical (unpaired) electrons. The van der Waals surface area contributed by atoms with Gasteiger partial charge in [-0.25, -0.2) is 4.98 Å². The summed E-state index contributed by atoms with van der Waals surface area (Å²) in [6, 6.07) is 11.5. The summed E-state index contributed by atoms with van der Waals surface area (Å²) in [5.74, 6) is 1.21. The molecule has 1 N–H and O–H groups in total. The number of hydrogen-bond donors (Lipinski definition) is 1. The molecule has 0 saturated heterocycles. The van der Waals surface area contributed by atoms with Gasteiger partial charge in [0.1, 0.15) is 17.0 Å². The average molecular weight is 356 g/mol. The van der Waals surface area contributed by atoms with Crippen LogP contribution in [0.3, 0.4) is 0 Å². The third-order valence-electron chi connectivity index (χ3n) is 3.84. The number of benzene rings is 2. The lowest BCUT2D eigenvalue weighted by molar-refractivity contribution is -0.118. The number of carbonyl (C=O) groups excluding carboxylic acids is 1. The number of nitrogens with one attached hydrogen (secondary N) is 1. The van der Waals surface area contributed by atoms with E-state index in [1.54, 1.807) is 0 Å². The fourth-order valence-corrected chi connectivity index (χ4v) is 3.33. The summed E-state index contributed by atoms with van der Waals surface area (Å²) in [6.07, 6.45) is 0. The molecule has 3 aromatic rings. The van der Waals surface area contributed by atoms with Crippen molar-refractivity contribution in [3.63, 3.8) is 0 Å². The van der Waals surface area contributed by atoms with Gasteiger partial charge in [-0.3, -0.25) is 10.1 Å². The van der Waals surface area contributed by atoms with Gasteiger partial charge in [-0.05, 0) is 50.1 Å². The van der Waals surface area contributed by atoms with Gasteiger partial charge in [0.25, 0.3) is 5.91 Å². The molecule has 1 heterocycles. The van der Waals surface area contributed by atoms with E-state index in [0.29, 0.717) is 11.7 Å². The van der Waals surface area contributed by atoms with Crippen LogP contribution in [0.2, 0.25) is 0 Å². The van der Waals surface area contributed by atoms with E-state index < -0.39 is 0 Å². The molecule has 0 spiro atoms. The third kappa shape index (κ3) is 3.91. The van der Waals surface area contributed by atoms with E-state index in [4.69, 9.17) is 9.47 Å². The number of fused-ring (bicyclic) bond motifs is 1. The number of thiazole rings is 1. The highest BCUT2D eigenvalue weighted by molar-refractivity contribution is 7.22. The zero-order valence-corrected chi connectivity index (χ0v) is 15.3. The van der Waals surface area contributed by atoms with Crippen LogP contribution in [0.1, 0.15) is 18.1 Å². The van der Waals surface area contributed by atoms with Crippen molar-refractivity contribution in [2.24, 2.45) is 0 Å². The van der Waals surface area contributed by atoms with Gasteiger partial charge in [0.05, 0.1) is 11.3 Å². The van der Waals surface area contributed by atoms with Crippen molar-refractivity contribution in [2.45, 2.75) is 20.8 Å². The predicted molar refractivity (Wildman–Crippen MR) is 101 cm³/mol. The molecule has 0 saturated carbocycles. The number of amides is 1. The fraction of sp³-hybridized carbons (Fsp3) is 0.263. The lowest BCUT2D eigenvalue weighted by atomic mass is 10.1. The quantitative estimate of drug-likeness (QED) is 0.714. The highest BCUT2D eigenvalue weighted by Crippen LogP contribution is 2.32. The van der Waals surface area contributed by atoms with E-state index in [0.717, 1.165) is 32.8 Å². The molecule has 130 valence electrons. The van der Waals surface area contributed by atoms with Crippen LogP contribution in [-0.4, -0.2) is 24.1 Å². The number of aromatic nitrogens is 1. The van der Waals surface area contributed by atoms with Gasteiger partial charge in [-0.1, -0.05) is 29.5 Å². The molecule has 25 heavy (non-hydrogen) atoms. The lowest BCUT2D eigenvalue weighted by Crippen LogP contribution is -2.20. The van der Waals surface area contributed by atoms with Crippen LogP contribution >= 0.6 is 11.3 Å². The summed E-state index contributed by atoms with van der Waals surface area (Å²) >= 11 is 1.41. The van der Waals surface area contributed by atoms with Crippen molar-refractivity contribution < 1.29 is 14.3 Å². The van der Waals surface area contributed by atoms with Crippen LogP contribution in [0.15, 0.2) is 36.4 Å². The minimum atomic E-state index is -0.238. The van der Waals surface area contributed by atoms with Crippen molar-refractivity contribution in [3.8, 4) is 11.5 Å². The van der Waals surface area contributed by atoms with E-state index in [1.165, 1.54) is 11.3 Å². The predicted octanol–water partition coefficient (Wildman–Crippen LogP) is 4.33. The summed E-state index contributed by atoms with van der Waals surface area (Å²) in [5.41, 5.74) is 2.93. The molecule has 0 aliphatic rings. The summed E-state index contributed by atoms with van der Waals surface area (Å²) in [6.45, 7) is 6.43. The Bertz CT molecular complexity index is 905. The molecule has 0 aliphatic carbocycles. The van der Waals surface area contributed by atoms with Crippen LogP contribution < -0.4 is 14.8 Å². The maximum absolute atomic E-state index is 12.2. The standard InChI is InChI=1S/C19H20N2O3S/c1-4-23-15-9-6-10-16-18(15)21-19(25-16)20-17(22)11-24-14-8-5-7-12(2)13(14)3/h5-10H,4,11H2,1-3H3,(H,20,21,22). The maximum atomic E-state index is 12.2. The molecular formula is C19H20N2O3S. The smallest absolute Gasteiger partial charge is 0.264 e. The van der Waals surface area contributed by atoms with Crippen LogP contribution in [0.5, 0.6) is 11.5 Å². The largest absolute Gasteiger partial charge is 0.492 e. The van der Waals surface area contributed by atoms with Gasteiger partial charge in [0, 0.05) is 0 Å².